The Hall–Kier alpha value is -3.26. The summed E-state index contributed by atoms with van der Waals surface area (Å²) in [6.07, 6.45) is 5.82. The van der Waals surface area contributed by atoms with Crippen LogP contribution in [0.5, 0.6) is 0 Å². The van der Waals surface area contributed by atoms with E-state index in [4.69, 9.17) is 0 Å². The summed E-state index contributed by atoms with van der Waals surface area (Å²) in [5.74, 6) is 1.67. The number of rotatable bonds is 6. The standard InChI is InChI=1S/C20H19FN6O/c21-14-5-3-13(4-6-14)17(10-28)24-19-8-18-16(9-22-19)23-11-27(18)20-7-15(25-26-20)12-1-2-12/h3-9,11-12,17,28H,1-2,10H2,(H,22,24)(H,25,26)/t17-/m0/s1. The summed E-state index contributed by atoms with van der Waals surface area (Å²) in [6, 6.07) is 9.58. The number of pyridine rings is 1. The Morgan fingerprint density at radius 1 is 1.21 bits per heavy atom. The third-order valence-electron chi connectivity index (χ3n) is 5.06. The van der Waals surface area contributed by atoms with Crippen LogP contribution in [0.25, 0.3) is 16.9 Å². The Labute approximate surface area is 160 Å². The van der Waals surface area contributed by atoms with Crippen LogP contribution in [0.4, 0.5) is 10.2 Å². The molecule has 0 aliphatic heterocycles. The van der Waals surface area contributed by atoms with Gasteiger partial charge in [0.05, 0.1) is 24.4 Å². The molecular formula is C20H19FN6O. The van der Waals surface area contributed by atoms with E-state index in [1.165, 1.54) is 25.0 Å². The van der Waals surface area contributed by atoms with Crippen molar-refractivity contribution in [3.63, 3.8) is 0 Å². The highest BCUT2D eigenvalue weighted by atomic mass is 19.1. The van der Waals surface area contributed by atoms with Gasteiger partial charge in [0, 0.05) is 23.7 Å². The van der Waals surface area contributed by atoms with Crippen LogP contribution in [-0.2, 0) is 0 Å². The fourth-order valence-corrected chi connectivity index (χ4v) is 3.33. The lowest BCUT2D eigenvalue weighted by molar-refractivity contribution is 0.276. The van der Waals surface area contributed by atoms with E-state index < -0.39 is 6.04 Å². The Morgan fingerprint density at radius 2 is 2.04 bits per heavy atom. The summed E-state index contributed by atoms with van der Waals surface area (Å²) in [7, 11) is 0. The molecule has 3 heterocycles. The fraction of sp³-hybridized carbons (Fsp3) is 0.250. The Bertz CT molecular complexity index is 1120. The highest BCUT2D eigenvalue weighted by molar-refractivity contribution is 5.79. The van der Waals surface area contributed by atoms with Crippen LogP contribution in [-0.4, -0.2) is 36.4 Å². The summed E-state index contributed by atoms with van der Waals surface area (Å²) in [5, 5.41) is 20.5. The monoisotopic (exact) mass is 378 g/mol. The number of benzene rings is 1. The van der Waals surface area contributed by atoms with Gasteiger partial charge in [-0.1, -0.05) is 12.1 Å². The molecule has 1 aliphatic carbocycles. The molecule has 1 aliphatic rings. The molecule has 0 spiro atoms. The molecule has 1 aromatic carbocycles. The molecule has 3 N–H and O–H groups in total. The van der Waals surface area contributed by atoms with Crippen molar-refractivity contribution < 1.29 is 9.50 Å². The van der Waals surface area contributed by atoms with Gasteiger partial charge in [-0.2, -0.15) is 5.10 Å². The van der Waals surface area contributed by atoms with Crippen molar-refractivity contribution in [1.82, 2.24) is 24.7 Å². The zero-order valence-electron chi connectivity index (χ0n) is 15.0. The highest BCUT2D eigenvalue weighted by Crippen LogP contribution is 2.39. The quantitative estimate of drug-likeness (QED) is 0.479. The number of aliphatic hydroxyl groups excluding tert-OH is 1. The van der Waals surface area contributed by atoms with Crippen molar-refractivity contribution >= 4 is 16.9 Å². The van der Waals surface area contributed by atoms with Crippen LogP contribution >= 0.6 is 0 Å². The number of H-pyrrole nitrogens is 1. The summed E-state index contributed by atoms with van der Waals surface area (Å²) < 4.78 is 15.1. The average molecular weight is 378 g/mol. The molecule has 5 rings (SSSR count). The van der Waals surface area contributed by atoms with Crippen LogP contribution in [0.2, 0.25) is 0 Å². The van der Waals surface area contributed by atoms with Crippen molar-refractivity contribution in [2.75, 3.05) is 11.9 Å². The molecule has 0 amide bonds. The van der Waals surface area contributed by atoms with Crippen molar-refractivity contribution in [2.24, 2.45) is 0 Å². The van der Waals surface area contributed by atoms with Gasteiger partial charge in [0.2, 0.25) is 0 Å². The maximum Gasteiger partial charge on any atom is 0.160 e. The normalized spacial score (nSPS) is 15.1. The number of aliphatic hydroxyl groups is 1. The summed E-state index contributed by atoms with van der Waals surface area (Å²) >= 11 is 0. The molecule has 28 heavy (non-hydrogen) atoms. The average Bonchev–Trinajstić information content (AvgIpc) is 3.30. The van der Waals surface area contributed by atoms with Gasteiger partial charge in [0.25, 0.3) is 0 Å². The van der Waals surface area contributed by atoms with E-state index in [0.717, 1.165) is 28.1 Å². The smallest absolute Gasteiger partial charge is 0.160 e. The molecule has 1 saturated carbocycles. The SMILES string of the molecule is OC[C@H](Nc1cc2c(cn1)ncn2-c1cc(C2CC2)[nH]n1)c1ccc(F)cc1. The van der Waals surface area contributed by atoms with Crippen molar-refractivity contribution in [1.29, 1.82) is 0 Å². The molecule has 1 fully saturated rings. The Kier molecular flexibility index (Phi) is 4.05. The van der Waals surface area contributed by atoms with Crippen molar-refractivity contribution in [2.45, 2.75) is 24.8 Å². The van der Waals surface area contributed by atoms with E-state index in [1.807, 2.05) is 10.6 Å². The number of fused-ring (bicyclic) bond motifs is 1. The predicted molar refractivity (Wildman–Crippen MR) is 103 cm³/mol. The Balaban J connectivity index is 1.45. The van der Waals surface area contributed by atoms with E-state index in [9.17, 15) is 9.50 Å². The minimum Gasteiger partial charge on any atom is -0.394 e. The van der Waals surface area contributed by atoms with Gasteiger partial charge in [-0.05, 0) is 30.5 Å². The van der Waals surface area contributed by atoms with Gasteiger partial charge in [0.15, 0.2) is 5.82 Å². The number of aromatic nitrogens is 5. The number of imidazole rings is 1. The molecule has 0 saturated heterocycles. The molecule has 3 aromatic heterocycles. The number of hydrogen-bond donors (Lipinski definition) is 3. The molecule has 7 nitrogen and oxygen atoms in total. The van der Waals surface area contributed by atoms with E-state index in [2.05, 4.69) is 31.5 Å². The third kappa shape index (κ3) is 3.11. The minimum absolute atomic E-state index is 0.144. The second-order valence-electron chi connectivity index (χ2n) is 7.06. The Morgan fingerprint density at radius 3 is 2.79 bits per heavy atom. The first-order valence-corrected chi connectivity index (χ1v) is 9.23. The summed E-state index contributed by atoms with van der Waals surface area (Å²) in [5.41, 5.74) is 3.55. The number of nitrogens with zero attached hydrogens (tertiary/aromatic N) is 4. The number of hydrogen-bond acceptors (Lipinski definition) is 5. The van der Waals surface area contributed by atoms with Crippen LogP contribution in [0, 0.1) is 5.82 Å². The van der Waals surface area contributed by atoms with Gasteiger partial charge in [-0.25, -0.2) is 14.4 Å². The van der Waals surface area contributed by atoms with Crippen molar-refractivity contribution in [3.8, 4) is 5.82 Å². The van der Waals surface area contributed by atoms with Crippen molar-refractivity contribution in [3.05, 3.63) is 66.0 Å². The largest absolute Gasteiger partial charge is 0.394 e. The zero-order chi connectivity index (χ0) is 19.1. The molecule has 0 unspecified atom stereocenters. The van der Waals surface area contributed by atoms with E-state index in [-0.39, 0.29) is 12.4 Å². The number of anilines is 1. The first-order chi connectivity index (χ1) is 13.7. The second-order valence-corrected chi connectivity index (χ2v) is 7.06. The lowest BCUT2D eigenvalue weighted by atomic mass is 10.1. The molecule has 0 bridgehead atoms. The topological polar surface area (TPSA) is 91.6 Å². The highest BCUT2D eigenvalue weighted by Gasteiger charge is 2.26. The first kappa shape index (κ1) is 16.9. The number of nitrogens with one attached hydrogen (secondary N) is 2. The maximum atomic E-state index is 13.2. The van der Waals surface area contributed by atoms with E-state index >= 15 is 0 Å². The lowest BCUT2D eigenvalue weighted by Crippen LogP contribution is -2.15. The van der Waals surface area contributed by atoms with Crippen LogP contribution in [0.3, 0.4) is 0 Å². The number of halogens is 1. The minimum atomic E-state index is -0.395. The van der Waals surface area contributed by atoms with Gasteiger partial charge >= 0.3 is 0 Å². The second kappa shape index (κ2) is 6.72. The zero-order valence-corrected chi connectivity index (χ0v) is 15.0. The maximum absolute atomic E-state index is 13.2. The van der Waals surface area contributed by atoms with Crippen LogP contribution < -0.4 is 5.32 Å². The van der Waals surface area contributed by atoms with Crippen LogP contribution in [0.15, 0.2) is 48.9 Å². The fourth-order valence-electron chi connectivity index (χ4n) is 3.33. The van der Waals surface area contributed by atoms with Gasteiger partial charge in [-0.15, -0.1) is 0 Å². The molecular weight excluding hydrogens is 359 g/mol. The van der Waals surface area contributed by atoms with Gasteiger partial charge in [-0.3, -0.25) is 9.67 Å². The molecule has 142 valence electrons. The first-order valence-electron chi connectivity index (χ1n) is 9.23. The number of aromatic amines is 1. The molecule has 4 aromatic rings. The van der Waals surface area contributed by atoms with Crippen LogP contribution in [0.1, 0.15) is 36.1 Å². The third-order valence-corrected chi connectivity index (χ3v) is 5.06. The van der Waals surface area contributed by atoms with Gasteiger partial charge in [0.1, 0.15) is 23.5 Å². The summed E-state index contributed by atoms with van der Waals surface area (Å²) in [6.45, 7) is -0.144. The lowest BCUT2D eigenvalue weighted by Gasteiger charge is -2.17. The van der Waals surface area contributed by atoms with E-state index in [1.54, 1.807) is 24.7 Å². The molecule has 8 heteroatoms. The summed E-state index contributed by atoms with van der Waals surface area (Å²) in [4.78, 5) is 8.79. The molecule has 0 radical (unpaired) electrons. The van der Waals surface area contributed by atoms with Gasteiger partial charge < -0.3 is 10.4 Å². The predicted octanol–water partition coefficient (Wildman–Crippen LogP) is 3.31. The molecule has 1 atom stereocenters. The van der Waals surface area contributed by atoms with E-state index in [0.29, 0.717) is 11.7 Å².